The maximum atomic E-state index is 13.4. The van der Waals surface area contributed by atoms with E-state index >= 15 is 0 Å². The number of nitrogens with zero attached hydrogens (tertiary/aromatic N) is 3. The first-order valence-electron chi connectivity index (χ1n) is 11.4. The number of phenolic OH excluding ortho intramolecular Hbond substituents is 2. The molecule has 37 heavy (non-hydrogen) atoms. The van der Waals surface area contributed by atoms with Gasteiger partial charge in [0.05, 0.1) is 11.8 Å². The second-order valence-electron chi connectivity index (χ2n) is 8.30. The maximum absolute atomic E-state index is 13.4. The SMILES string of the molecule is C.O=C(Nc1ccc(O)c(OCc2ccccc2)c1)N1N=C(c2cccnc2)CC1c1ccccc1O. The molecular formula is C29H28N4O4. The van der Waals surface area contributed by atoms with Gasteiger partial charge in [0.2, 0.25) is 0 Å². The molecule has 0 fully saturated rings. The molecule has 0 bridgehead atoms. The number of hydrogen-bond donors (Lipinski definition) is 3. The molecule has 1 atom stereocenters. The Morgan fingerprint density at radius 1 is 0.973 bits per heavy atom. The predicted molar refractivity (Wildman–Crippen MR) is 143 cm³/mol. The van der Waals surface area contributed by atoms with Crippen molar-refractivity contribution in [1.82, 2.24) is 9.99 Å². The van der Waals surface area contributed by atoms with Crippen molar-refractivity contribution in [2.75, 3.05) is 5.32 Å². The molecule has 1 unspecified atom stereocenters. The number of rotatable bonds is 6. The molecule has 3 aromatic carbocycles. The number of carbonyl (C=O) groups is 1. The fourth-order valence-corrected chi connectivity index (χ4v) is 4.04. The van der Waals surface area contributed by atoms with E-state index in [4.69, 9.17) is 4.74 Å². The summed E-state index contributed by atoms with van der Waals surface area (Å²) in [5.74, 6) is 0.299. The minimum atomic E-state index is -0.507. The maximum Gasteiger partial charge on any atom is 0.342 e. The molecule has 2 amide bonds. The van der Waals surface area contributed by atoms with Crippen molar-refractivity contribution in [2.24, 2.45) is 5.10 Å². The highest BCUT2D eigenvalue weighted by atomic mass is 16.5. The molecule has 0 radical (unpaired) electrons. The van der Waals surface area contributed by atoms with Gasteiger partial charge in [-0.25, -0.2) is 9.80 Å². The number of anilines is 1. The van der Waals surface area contributed by atoms with Crippen molar-refractivity contribution >= 4 is 17.4 Å². The van der Waals surface area contributed by atoms with Gasteiger partial charge in [-0.05, 0) is 29.8 Å². The van der Waals surface area contributed by atoms with Crippen LogP contribution in [-0.4, -0.2) is 31.9 Å². The lowest BCUT2D eigenvalue weighted by molar-refractivity contribution is 0.199. The number of pyridine rings is 1. The van der Waals surface area contributed by atoms with Gasteiger partial charge in [0.1, 0.15) is 12.4 Å². The number of urea groups is 1. The first kappa shape index (κ1) is 25.2. The molecule has 5 rings (SSSR count). The summed E-state index contributed by atoms with van der Waals surface area (Å²) in [5.41, 5.74) is 3.46. The number of aromatic hydroxyl groups is 2. The van der Waals surface area contributed by atoms with Gasteiger partial charge in [0.15, 0.2) is 11.5 Å². The van der Waals surface area contributed by atoms with Crippen molar-refractivity contribution in [3.8, 4) is 17.2 Å². The summed E-state index contributed by atoms with van der Waals surface area (Å²) in [6.07, 6.45) is 3.78. The molecule has 2 heterocycles. The third-order valence-electron chi connectivity index (χ3n) is 5.86. The van der Waals surface area contributed by atoms with Crippen LogP contribution in [0.25, 0.3) is 0 Å². The predicted octanol–water partition coefficient (Wildman–Crippen LogP) is 6.09. The second kappa shape index (κ2) is 11.3. The average Bonchev–Trinajstić information content (AvgIpc) is 3.36. The summed E-state index contributed by atoms with van der Waals surface area (Å²) in [6, 6.07) is 23.8. The standard InChI is InChI=1S/C28H24N4O4.CH4/c33-25-11-5-4-10-22(25)24-16-23(20-9-6-14-29-17-20)31-32(24)28(35)30-21-12-13-26(34)27(15-21)36-18-19-7-2-1-3-8-19;/h1-15,17,24,33-34H,16,18H2,(H,30,35);1H4. The molecule has 8 nitrogen and oxygen atoms in total. The van der Waals surface area contributed by atoms with Crippen molar-refractivity contribution in [2.45, 2.75) is 26.5 Å². The van der Waals surface area contributed by atoms with Crippen LogP contribution in [0.3, 0.4) is 0 Å². The van der Waals surface area contributed by atoms with Crippen molar-refractivity contribution in [3.05, 3.63) is 114 Å². The van der Waals surface area contributed by atoms with Gasteiger partial charge in [0, 0.05) is 41.7 Å². The van der Waals surface area contributed by atoms with E-state index in [0.29, 0.717) is 23.4 Å². The fourth-order valence-electron chi connectivity index (χ4n) is 4.04. The zero-order valence-electron chi connectivity index (χ0n) is 19.3. The quantitative estimate of drug-likeness (QED) is 0.280. The molecule has 0 spiro atoms. The number of nitrogens with one attached hydrogen (secondary N) is 1. The Hall–Kier alpha value is -4.85. The first-order valence-corrected chi connectivity index (χ1v) is 11.4. The Labute approximate surface area is 215 Å². The second-order valence-corrected chi connectivity index (χ2v) is 8.30. The van der Waals surface area contributed by atoms with E-state index in [1.54, 1.807) is 42.7 Å². The summed E-state index contributed by atoms with van der Waals surface area (Å²) in [4.78, 5) is 17.5. The van der Waals surface area contributed by atoms with Crippen LogP contribution in [0.2, 0.25) is 0 Å². The van der Waals surface area contributed by atoms with Crippen LogP contribution in [0, 0.1) is 0 Å². The zero-order chi connectivity index (χ0) is 24.9. The van der Waals surface area contributed by atoms with E-state index in [9.17, 15) is 15.0 Å². The molecule has 4 aromatic rings. The van der Waals surface area contributed by atoms with Crippen LogP contribution in [0.4, 0.5) is 10.5 Å². The van der Waals surface area contributed by atoms with Crippen molar-refractivity contribution in [3.63, 3.8) is 0 Å². The number of para-hydroxylation sites is 1. The van der Waals surface area contributed by atoms with Gasteiger partial charge in [0.25, 0.3) is 0 Å². The summed E-state index contributed by atoms with van der Waals surface area (Å²) in [6.45, 7) is 0.270. The molecule has 8 heteroatoms. The number of aromatic nitrogens is 1. The van der Waals surface area contributed by atoms with Gasteiger partial charge < -0.3 is 20.3 Å². The van der Waals surface area contributed by atoms with E-state index in [2.05, 4.69) is 15.4 Å². The number of amides is 2. The van der Waals surface area contributed by atoms with Gasteiger partial charge in [-0.15, -0.1) is 0 Å². The molecule has 0 aliphatic carbocycles. The molecule has 1 aliphatic rings. The largest absolute Gasteiger partial charge is 0.508 e. The molecule has 0 saturated heterocycles. The highest BCUT2D eigenvalue weighted by Crippen LogP contribution is 2.37. The topological polar surface area (TPSA) is 107 Å². The van der Waals surface area contributed by atoms with Gasteiger partial charge in [-0.3, -0.25) is 4.98 Å². The van der Waals surface area contributed by atoms with Gasteiger partial charge in [-0.2, -0.15) is 5.10 Å². The molecule has 1 aliphatic heterocycles. The highest BCUT2D eigenvalue weighted by molar-refractivity contribution is 6.04. The molecule has 0 saturated carbocycles. The minimum absolute atomic E-state index is 0. The van der Waals surface area contributed by atoms with Crippen LogP contribution in [0.1, 0.15) is 36.6 Å². The first-order chi connectivity index (χ1) is 17.6. The van der Waals surface area contributed by atoms with E-state index in [0.717, 1.165) is 11.1 Å². The Balaban J connectivity index is 0.00000320. The Morgan fingerprint density at radius 3 is 2.51 bits per heavy atom. The third kappa shape index (κ3) is 5.70. The summed E-state index contributed by atoms with van der Waals surface area (Å²) in [7, 11) is 0. The van der Waals surface area contributed by atoms with Crippen LogP contribution < -0.4 is 10.1 Å². The lowest BCUT2D eigenvalue weighted by atomic mass is 9.98. The van der Waals surface area contributed by atoms with Crippen LogP contribution >= 0.6 is 0 Å². The van der Waals surface area contributed by atoms with E-state index < -0.39 is 12.1 Å². The van der Waals surface area contributed by atoms with E-state index in [1.807, 2.05) is 48.5 Å². The van der Waals surface area contributed by atoms with Crippen LogP contribution in [0.5, 0.6) is 17.2 Å². The fraction of sp³-hybridized carbons (Fsp3) is 0.138. The number of carbonyl (C=O) groups excluding carboxylic acids is 1. The molecular weight excluding hydrogens is 468 g/mol. The lowest BCUT2D eigenvalue weighted by Gasteiger charge is -2.23. The van der Waals surface area contributed by atoms with Crippen LogP contribution in [0.15, 0.2) is 102 Å². The van der Waals surface area contributed by atoms with E-state index in [1.165, 1.54) is 11.1 Å². The summed E-state index contributed by atoms with van der Waals surface area (Å²) < 4.78 is 5.77. The Kier molecular flexibility index (Phi) is 7.68. The molecule has 3 N–H and O–H groups in total. The molecule has 1 aromatic heterocycles. The summed E-state index contributed by atoms with van der Waals surface area (Å²) in [5, 5.41) is 29.4. The minimum Gasteiger partial charge on any atom is -0.508 e. The highest BCUT2D eigenvalue weighted by Gasteiger charge is 2.34. The summed E-state index contributed by atoms with van der Waals surface area (Å²) >= 11 is 0. The monoisotopic (exact) mass is 496 g/mol. The van der Waals surface area contributed by atoms with Crippen molar-refractivity contribution < 1.29 is 19.7 Å². The van der Waals surface area contributed by atoms with E-state index in [-0.39, 0.29) is 31.3 Å². The number of hydrazone groups is 1. The van der Waals surface area contributed by atoms with Crippen molar-refractivity contribution in [1.29, 1.82) is 0 Å². The number of ether oxygens (including phenoxy) is 1. The van der Waals surface area contributed by atoms with Gasteiger partial charge in [-0.1, -0.05) is 62.0 Å². The number of benzene rings is 3. The Bertz CT molecular complexity index is 1390. The third-order valence-corrected chi connectivity index (χ3v) is 5.86. The molecule has 188 valence electrons. The lowest BCUT2D eigenvalue weighted by Crippen LogP contribution is -2.31. The smallest absolute Gasteiger partial charge is 0.342 e. The normalized spacial score (nSPS) is 14.4. The average molecular weight is 497 g/mol. The van der Waals surface area contributed by atoms with Gasteiger partial charge >= 0.3 is 6.03 Å². The number of phenols is 2. The van der Waals surface area contributed by atoms with Crippen LogP contribution in [-0.2, 0) is 6.61 Å². The Morgan fingerprint density at radius 2 is 1.76 bits per heavy atom. The zero-order valence-corrected chi connectivity index (χ0v) is 19.3. The number of hydrogen-bond acceptors (Lipinski definition) is 6.